The molecule has 0 spiro atoms. The Kier molecular flexibility index (Phi) is 3.71. The van der Waals surface area contributed by atoms with E-state index >= 15 is 0 Å². The van der Waals surface area contributed by atoms with Crippen LogP contribution < -0.4 is 5.19 Å². The fraction of sp³-hybridized carbons (Fsp3) is 0.333. The van der Waals surface area contributed by atoms with E-state index in [-0.39, 0.29) is 0 Å². The first-order chi connectivity index (χ1) is 7.37. The summed E-state index contributed by atoms with van der Waals surface area (Å²) in [6, 6.07) is 0.562. The monoisotopic (exact) mass is 254 g/mol. The minimum absolute atomic E-state index is 0.408. The molecule has 0 fully saturated rings. The topological polar surface area (TPSA) is 18.5 Å². The zero-order valence-electron chi connectivity index (χ0n) is 8.91. The van der Waals surface area contributed by atoms with E-state index in [1.807, 2.05) is 0 Å². The molecule has 90 valence electrons. The van der Waals surface area contributed by atoms with Gasteiger partial charge in [0.15, 0.2) is 23.3 Å². The van der Waals surface area contributed by atoms with Crippen LogP contribution in [0.1, 0.15) is 0 Å². The van der Waals surface area contributed by atoms with Gasteiger partial charge in [-0.1, -0.05) is 0 Å². The summed E-state index contributed by atoms with van der Waals surface area (Å²) in [6.07, 6.45) is 0. The Balaban J connectivity index is 3.46. The molecule has 2 nitrogen and oxygen atoms in total. The third kappa shape index (κ3) is 1.97. The molecular formula is C9H10F4O2Si. The second-order valence-corrected chi connectivity index (χ2v) is 6.45. The Morgan fingerprint density at radius 1 is 0.938 bits per heavy atom. The number of rotatable bonds is 3. The normalized spacial score (nSPS) is 11.9. The van der Waals surface area contributed by atoms with Gasteiger partial charge in [0, 0.05) is 19.4 Å². The fourth-order valence-electron chi connectivity index (χ4n) is 1.21. The van der Waals surface area contributed by atoms with Crippen LogP contribution in [0.4, 0.5) is 17.6 Å². The molecule has 1 aromatic carbocycles. The van der Waals surface area contributed by atoms with Crippen LogP contribution in [0.5, 0.6) is 0 Å². The van der Waals surface area contributed by atoms with Crippen molar-refractivity contribution in [3.63, 3.8) is 0 Å². The van der Waals surface area contributed by atoms with Crippen molar-refractivity contribution in [2.75, 3.05) is 14.2 Å². The highest BCUT2D eigenvalue weighted by Gasteiger charge is 2.38. The molecule has 0 aliphatic rings. The molecule has 7 heteroatoms. The van der Waals surface area contributed by atoms with E-state index in [1.165, 1.54) is 20.8 Å². The molecule has 0 bridgehead atoms. The van der Waals surface area contributed by atoms with E-state index in [2.05, 4.69) is 0 Å². The van der Waals surface area contributed by atoms with Gasteiger partial charge in [-0.3, -0.25) is 0 Å². The lowest BCUT2D eigenvalue weighted by Gasteiger charge is -2.23. The number of hydrogen-bond acceptors (Lipinski definition) is 2. The average molecular weight is 254 g/mol. The predicted molar refractivity (Wildman–Crippen MR) is 51.5 cm³/mol. The van der Waals surface area contributed by atoms with Crippen LogP contribution in [0.3, 0.4) is 0 Å². The van der Waals surface area contributed by atoms with Crippen LogP contribution >= 0.6 is 0 Å². The van der Waals surface area contributed by atoms with Gasteiger partial charge in [0.1, 0.15) is 0 Å². The SMILES string of the molecule is CO[Si](C)(OC)c1cc(F)c(F)c(F)c1F. The molecule has 0 heterocycles. The van der Waals surface area contributed by atoms with E-state index in [4.69, 9.17) is 8.85 Å². The molecule has 0 saturated heterocycles. The second-order valence-electron chi connectivity index (χ2n) is 3.20. The van der Waals surface area contributed by atoms with Crippen LogP contribution in [-0.4, -0.2) is 22.8 Å². The van der Waals surface area contributed by atoms with Gasteiger partial charge in [-0.05, 0) is 12.6 Å². The quantitative estimate of drug-likeness (QED) is 0.354. The van der Waals surface area contributed by atoms with Gasteiger partial charge in [-0.15, -0.1) is 0 Å². The summed E-state index contributed by atoms with van der Waals surface area (Å²) in [5, 5.41) is -0.408. The van der Waals surface area contributed by atoms with Crippen molar-refractivity contribution in [2.45, 2.75) is 6.55 Å². The molecule has 0 saturated carbocycles. The lowest BCUT2D eigenvalue weighted by atomic mass is 10.3. The first-order valence-corrected chi connectivity index (χ1v) is 6.62. The molecule has 16 heavy (non-hydrogen) atoms. The summed E-state index contributed by atoms with van der Waals surface area (Å²) in [5.74, 6) is -6.65. The lowest BCUT2D eigenvalue weighted by molar-refractivity contribution is 0.263. The van der Waals surface area contributed by atoms with Gasteiger partial charge < -0.3 is 8.85 Å². The minimum atomic E-state index is -3.23. The number of hydrogen-bond donors (Lipinski definition) is 0. The first-order valence-electron chi connectivity index (χ1n) is 4.31. The maximum absolute atomic E-state index is 13.4. The number of benzene rings is 1. The van der Waals surface area contributed by atoms with E-state index in [1.54, 1.807) is 0 Å². The van der Waals surface area contributed by atoms with Gasteiger partial charge in [-0.25, -0.2) is 17.6 Å². The zero-order chi connectivity index (χ0) is 12.5. The summed E-state index contributed by atoms with van der Waals surface area (Å²) in [5.41, 5.74) is 0. The third-order valence-electron chi connectivity index (χ3n) is 2.37. The largest absolute Gasteiger partial charge is 0.394 e. The van der Waals surface area contributed by atoms with Crippen LogP contribution in [0, 0.1) is 23.3 Å². The van der Waals surface area contributed by atoms with Crippen LogP contribution in [0.25, 0.3) is 0 Å². The molecule has 0 N–H and O–H groups in total. The fourth-order valence-corrected chi connectivity index (χ4v) is 2.71. The molecule has 0 aromatic heterocycles. The van der Waals surface area contributed by atoms with Gasteiger partial charge >= 0.3 is 8.56 Å². The molecule has 0 aliphatic carbocycles. The summed E-state index contributed by atoms with van der Waals surface area (Å²) in [7, 11) is -0.764. The summed E-state index contributed by atoms with van der Waals surface area (Å²) < 4.78 is 61.9. The van der Waals surface area contributed by atoms with Crippen molar-refractivity contribution < 1.29 is 26.4 Å². The van der Waals surface area contributed by atoms with Gasteiger partial charge in [-0.2, -0.15) is 0 Å². The second kappa shape index (κ2) is 4.52. The van der Waals surface area contributed by atoms with Crippen molar-refractivity contribution in [2.24, 2.45) is 0 Å². The van der Waals surface area contributed by atoms with Gasteiger partial charge in [0.25, 0.3) is 0 Å². The highest BCUT2D eigenvalue weighted by atomic mass is 28.4. The highest BCUT2D eigenvalue weighted by Crippen LogP contribution is 2.16. The summed E-state index contributed by atoms with van der Waals surface area (Å²) in [4.78, 5) is 0. The molecule has 0 unspecified atom stereocenters. The molecule has 0 radical (unpaired) electrons. The Bertz CT molecular complexity index is 407. The van der Waals surface area contributed by atoms with Crippen LogP contribution in [0.2, 0.25) is 6.55 Å². The summed E-state index contributed by atoms with van der Waals surface area (Å²) >= 11 is 0. The Hall–Kier alpha value is -0.923. The Labute approximate surface area is 91.0 Å². The van der Waals surface area contributed by atoms with E-state index in [9.17, 15) is 17.6 Å². The van der Waals surface area contributed by atoms with Crippen molar-refractivity contribution in [1.82, 2.24) is 0 Å². The molecular weight excluding hydrogens is 244 g/mol. The predicted octanol–water partition coefficient (Wildman–Crippen LogP) is 1.81. The Morgan fingerprint density at radius 2 is 1.44 bits per heavy atom. The van der Waals surface area contributed by atoms with E-state index < -0.39 is 37.0 Å². The van der Waals surface area contributed by atoms with E-state index in [0.717, 1.165) is 0 Å². The smallest absolute Gasteiger partial charge is 0.371 e. The highest BCUT2D eigenvalue weighted by molar-refractivity contribution is 6.79. The van der Waals surface area contributed by atoms with Crippen molar-refractivity contribution in [3.05, 3.63) is 29.3 Å². The third-order valence-corrected chi connectivity index (χ3v) is 5.27. The molecule has 0 aliphatic heterocycles. The van der Waals surface area contributed by atoms with E-state index in [0.29, 0.717) is 6.07 Å². The number of halogens is 4. The maximum atomic E-state index is 13.4. The molecule has 1 rings (SSSR count). The molecule has 1 aromatic rings. The minimum Gasteiger partial charge on any atom is -0.394 e. The van der Waals surface area contributed by atoms with Crippen molar-refractivity contribution in [3.8, 4) is 0 Å². The molecule has 0 amide bonds. The lowest BCUT2D eigenvalue weighted by Crippen LogP contribution is -2.51. The van der Waals surface area contributed by atoms with Crippen molar-refractivity contribution in [1.29, 1.82) is 0 Å². The maximum Gasteiger partial charge on any atom is 0.371 e. The van der Waals surface area contributed by atoms with Crippen LogP contribution in [0.15, 0.2) is 6.07 Å². The first kappa shape index (κ1) is 13.1. The molecule has 0 atom stereocenters. The summed E-state index contributed by atoms with van der Waals surface area (Å²) in [6.45, 7) is 1.39. The van der Waals surface area contributed by atoms with Crippen LogP contribution in [-0.2, 0) is 8.85 Å². The van der Waals surface area contributed by atoms with Gasteiger partial charge in [0.2, 0.25) is 0 Å². The zero-order valence-corrected chi connectivity index (χ0v) is 9.91. The standard InChI is InChI=1S/C9H10F4O2Si/c1-14-16(3,15-2)6-4-5(10)7(11)9(13)8(6)12/h4H,1-3H3. The average Bonchev–Trinajstić information content (AvgIpc) is 2.30. The van der Waals surface area contributed by atoms with Gasteiger partial charge in [0.05, 0.1) is 0 Å². The van der Waals surface area contributed by atoms with Crippen molar-refractivity contribution >= 4 is 13.7 Å². The Morgan fingerprint density at radius 3 is 1.88 bits per heavy atom.